The summed E-state index contributed by atoms with van der Waals surface area (Å²) in [5.74, 6) is 0.785. The maximum atomic E-state index is 12.3. The lowest BCUT2D eigenvalue weighted by atomic mass is 10.1. The lowest BCUT2D eigenvalue weighted by Crippen LogP contribution is -2.26. The summed E-state index contributed by atoms with van der Waals surface area (Å²) in [5.41, 5.74) is 0.871. The van der Waals surface area contributed by atoms with Crippen molar-refractivity contribution in [1.29, 1.82) is 0 Å². The van der Waals surface area contributed by atoms with E-state index in [1.54, 1.807) is 42.5 Å². The molecule has 132 valence electrons. The van der Waals surface area contributed by atoms with Gasteiger partial charge in [0.25, 0.3) is 5.56 Å². The Morgan fingerprint density at radius 2 is 1.92 bits per heavy atom. The van der Waals surface area contributed by atoms with E-state index in [2.05, 4.69) is 10.3 Å². The van der Waals surface area contributed by atoms with Gasteiger partial charge in [-0.3, -0.25) is 9.59 Å². The van der Waals surface area contributed by atoms with E-state index < -0.39 is 5.97 Å². The molecule has 1 aliphatic heterocycles. The number of carbonyl (C=O) groups excluding carboxylic acids is 1. The zero-order chi connectivity index (χ0) is 17.9. The number of rotatable bonds is 4. The van der Waals surface area contributed by atoms with Gasteiger partial charge in [0.05, 0.1) is 11.8 Å². The van der Waals surface area contributed by atoms with E-state index >= 15 is 0 Å². The summed E-state index contributed by atoms with van der Waals surface area (Å²) in [6, 6.07) is 12.1. The highest BCUT2D eigenvalue weighted by molar-refractivity contribution is 5.76. The second-order valence-electron chi connectivity index (χ2n) is 5.71. The third kappa shape index (κ3) is 3.21. The molecule has 8 nitrogen and oxygen atoms in total. The number of hydrogen-bond acceptors (Lipinski definition) is 7. The molecule has 0 aliphatic carbocycles. The van der Waals surface area contributed by atoms with E-state index in [0.717, 1.165) is 10.2 Å². The molecule has 26 heavy (non-hydrogen) atoms. The van der Waals surface area contributed by atoms with Crippen LogP contribution in [0.25, 0.3) is 10.9 Å². The normalized spacial score (nSPS) is 12.8. The van der Waals surface area contributed by atoms with Crippen molar-refractivity contribution in [1.82, 2.24) is 15.0 Å². The molecule has 8 heteroatoms. The zero-order valence-corrected chi connectivity index (χ0v) is 13.8. The predicted molar refractivity (Wildman–Crippen MR) is 91.0 cm³/mol. The highest BCUT2D eigenvalue weighted by Gasteiger charge is 2.14. The van der Waals surface area contributed by atoms with Gasteiger partial charge < -0.3 is 14.2 Å². The highest BCUT2D eigenvalue weighted by atomic mass is 16.6. The quantitative estimate of drug-likeness (QED) is 0.653. The smallest absolute Gasteiger partial charge is 0.312 e. The summed E-state index contributed by atoms with van der Waals surface area (Å²) in [6.45, 7) is 0.695. The Kier molecular flexibility index (Phi) is 4.22. The topological polar surface area (TPSA) is 92.5 Å². The van der Waals surface area contributed by atoms with Crippen molar-refractivity contribution >= 4 is 16.9 Å². The van der Waals surface area contributed by atoms with Gasteiger partial charge in [0.2, 0.25) is 0 Å². The van der Waals surface area contributed by atoms with Crippen LogP contribution in [0, 0.1) is 0 Å². The number of benzene rings is 2. The monoisotopic (exact) mass is 353 g/mol. The second-order valence-corrected chi connectivity index (χ2v) is 5.71. The Balaban J connectivity index is 1.43. The molecule has 0 unspecified atom stereocenters. The first-order valence-electron chi connectivity index (χ1n) is 8.07. The number of hydrogen-bond donors (Lipinski definition) is 0. The first-order chi connectivity index (χ1) is 12.7. The fraction of sp³-hybridized carbons (Fsp3) is 0.222. The third-order valence-electron chi connectivity index (χ3n) is 3.93. The molecule has 1 aliphatic rings. The minimum absolute atomic E-state index is 0.0480. The molecule has 0 atom stereocenters. The van der Waals surface area contributed by atoms with Crippen LogP contribution in [0.5, 0.6) is 11.5 Å². The summed E-state index contributed by atoms with van der Waals surface area (Å²) >= 11 is 0. The molecule has 0 N–H and O–H groups in total. The van der Waals surface area contributed by atoms with Gasteiger partial charge in [-0.2, -0.15) is 4.68 Å². The Hall–Kier alpha value is -3.42. The second kappa shape index (κ2) is 6.83. The van der Waals surface area contributed by atoms with Gasteiger partial charge >= 0.3 is 5.97 Å². The zero-order valence-electron chi connectivity index (χ0n) is 13.8. The predicted octanol–water partition coefficient (Wildman–Crippen LogP) is 1.31. The van der Waals surface area contributed by atoms with Gasteiger partial charge in [0, 0.05) is 0 Å². The number of carbonyl (C=O) groups is 1. The number of ether oxygens (including phenoxy) is 3. The van der Waals surface area contributed by atoms with Crippen LogP contribution in [0.4, 0.5) is 0 Å². The largest absolute Gasteiger partial charge is 0.486 e. The molecule has 4 rings (SSSR count). The molecule has 0 fully saturated rings. The lowest BCUT2D eigenvalue weighted by Gasteiger charge is -2.18. The van der Waals surface area contributed by atoms with Gasteiger partial charge in [0.15, 0.2) is 18.2 Å². The summed E-state index contributed by atoms with van der Waals surface area (Å²) in [4.78, 5) is 24.4. The van der Waals surface area contributed by atoms with Crippen molar-refractivity contribution in [3.63, 3.8) is 0 Å². The van der Waals surface area contributed by atoms with Crippen LogP contribution in [0.2, 0.25) is 0 Å². The van der Waals surface area contributed by atoms with Crippen LogP contribution in [-0.4, -0.2) is 34.2 Å². The van der Waals surface area contributed by atoms with Crippen LogP contribution in [0.1, 0.15) is 5.56 Å². The molecule has 0 radical (unpaired) electrons. The van der Waals surface area contributed by atoms with Crippen molar-refractivity contribution < 1.29 is 19.0 Å². The SMILES string of the molecule is O=C(Cc1ccc2c(c1)OCCO2)OCn1nnc2ccccc2c1=O. The van der Waals surface area contributed by atoms with E-state index in [1.807, 2.05) is 0 Å². The summed E-state index contributed by atoms with van der Waals surface area (Å²) in [7, 11) is 0. The molecule has 0 spiro atoms. The molecule has 1 aromatic heterocycles. The molecule has 0 saturated heterocycles. The van der Waals surface area contributed by atoms with E-state index in [1.165, 1.54) is 0 Å². The average Bonchev–Trinajstić information content (AvgIpc) is 2.67. The standard InChI is InChI=1S/C18H15N3O5/c22-17(10-12-5-6-15-16(9-12)25-8-7-24-15)26-11-21-18(23)13-3-1-2-4-14(13)19-20-21/h1-6,9H,7-8,10-11H2. The van der Waals surface area contributed by atoms with E-state index in [0.29, 0.717) is 35.6 Å². The lowest BCUT2D eigenvalue weighted by molar-refractivity contribution is -0.147. The molecular weight excluding hydrogens is 338 g/mol. The van der Waals surface area contributed by atoms with E-state index in [9.17, 15) is 9.59 Å². The van der Waals surface area contributed by atoms with Crippen molar-refractivity contribution in [2.75, 3.05) is 13.2 Å². The molecule has 2 heterocycles. The summed E-state index contributed by atoms with van der Waals surface area (Å²) in [6.07, 6.45) is 0.0480. The van der Waals surface area contributed by atoms with Gasteiger partial charge in [-0.15, -0.1) is 5.10 Å². The minimum Gasteiger partial charge on any atom is -0.486 e. The number of esters is 1. The van der Waals surface area contributed by atoms with Gasteiger partial charge in [0.1, 0.15) is 18.7 Å². The molecule has 0 bridgehead atoms. The van der Waals surface area contributed by atoms with Crippen molar-refractivity contribution in [3.8, 4) is 11.5 Å². The highest BCUT2D eigenvalue weighted by Crippen LogP contribution is 2.30. The first kappa shape index (κ1) is 16.1. The molecule has 0 saturated carbocycles. The number of fused-ring (bicyclic) bond motifs is 2. The Bertz CT molecular complexity index is 1030. The first-order valence-corrected chi connectivity index (χ1v) is 8.07. The van der Waals surface area contributed by atoms with Gasteiger partial charge in [-0.1, -0.05) is 23.4 Å². The summed E-state index contributed by atoms with van der Waals surface area (Å²) in [5, 5.41) is 8.15. The molecular formula is C18H15N3O5. The Morgan fingerprint density at radius 3 is 2.81 bits per heavy atom. The number of aromatic nitrogens is 3. The maximum Gasteiger partial charge on any atom is 0.312 e. The maximum absolute atomic E-state index is 12.3. The number of nitrogens with zero attached hydrogens (tertiary/aromatic N) is 3. The van der Waals surface area contributed by atoms with Crippen LogP contribution >= 0.6 is 0 Å². The third-order valence-corrected chi connectivity index (χ3v) is 3.93. The average molecular weight is 353 g/mol. The van der Waals surface area contributed by atoms with E-state index in [4.69, 9.17) is 14.2 Å². The van der Waals surface area contributed by atoms with E-state index in [-0.39, 0.29) is 18.7 Å². The molecule has 3 aromatic rings. The van der Waals surface area contributed by atoms with Crippen LogP contribution in [0.15, 0.2) is 47.3 Å². The molecule has 0 amide bonds. The van der Waals surface area contributed by atoms with Gasteiger partial charge in [-0.05, 0) is 29.8 Å². The minimum atomic E-state index is -0.483. The summed E-state index contributed by atoms with van der Waals surface area (Å²) < 4.78 is 17.1. The van der Waals surface area contributed by atoms with Crippen molar-refractivity contribution in [2.24, 2.45) is 0 Å². The fourth-order valence-corrected chi connectivity index (χ4v) is 2.66. The van der Waals surface area contributed by atoms with Crippen molar-refractivity contribution in [3.05, 3.63) is 58.4 Å². The van der Waals surface area contributed by atoms with Crippen LogP contribution in [0.3, 0.4) is 0 Å². The Morgan fingerprint density at radius 1 is 1.12 bits per heavy atom. The molecule has 2 aromatic carbocycles. The van der Waals surface area contributed by atoms with Crippen LogP contribution in [-0.2, 0) is 22.7 Å². The van der Waals surface area contributed by atoms with Crippen molar-refractivity contribution in [2.45, 2.75) is 13.2 Å². The van der Waals surface area contributed by atoms with Gasteiger partial charge in [-0.25, -0.2) is 0 Å². The fourth-order valence-electron chi connectivity index (χ4n) is 2.66. The Labute approximate surface area is 147 Å². The van der Waals surface area contributed by atoms with Crippen LogP contribution < -0.4 is 15.0 Å².